The van der Waals surface area contributed by atoms with Crippen molar-refractivity contribution < 1.29 is 4.79 Å². The molecule has 8 nitrogen and oxygen atoms in total. The van der Waals surface area contributed by atoms with Gasteiger partial charge in [0.1, 0.15) is 0 Å². The minimum atomic E-state index is -0.575. The topological polar surface area (TPSA) is 133 Å². The Morgan fingerprint density at radius 3 is 2.70 bits per heavy atom. The number of hydrazone groups is 1. The van der Waals surface area contributed by atoms with Crippen molar-refractivity contribution in [1.82, 2.24) is 15.4 Å². The molecule has 0 aliphatic heterocycles. The fourth-order valence-corrected chi connectivity index (χ4v) is 1.60. The lowest BCUT2D eigenvalue weighted by Crippen LogP contribution is -2.27. The molecule has 0 aromatic carbocycles. The number of aromatic amines is 2. The van der Waals surface area contributed by atoms with Crippen molar-refractivity contribution in [3.8, 4) is 0 Å². The van der Waals surface area contributed by atoms with Crippen LogP contribution >= 0.6 is 0 Å². The molecule has 1 aromatic rings. The summed E-state index contributed by atoms with van der Waals surface area (Å²) >= 11 is 0. The van der Waals surface area contributed by atoms with Crippen molar-refractivity contribution in [2.75, 3.05) is 6.54 Å². The van der Waals surface area contributed by atoms with Gasteiger partial charge in [-0.25, -0.2) is 10.2 Å². The van der Waals surface area contributed by atoms with E-state index in [1.54, 1.807) is 6.92 Å². The Morgan fingerprint density at radius 2 is 2.05 bits per heavy atom. The van der Waals surface area contributed by atoms with E-state index in [4.69, 9.17) is 5.73 Å². The molecule has 0 unspecified atom stereocenters. The molecule has 1 aromatic heterocycles. The van der Waals surface area contributed by atoms with E-state index in [1.165, 1.54) is 6.21 Å². The summed E-state index contributed by atoms with van der Waals surface area (Å²) in [5.41, 5.74) is 7.14. The molecule has 0 radical (unpaired) electrons. The van der Waals surface area contributed by atoms with Crippen LogP contribution in [0.2, 0.25) is 0 Å². The second-order valence-corrected chi connectivity index (χ2v) is 4.34. The zero-order chi connectivity index (χ0) is 15.0. The third kappa shape index (κ3) is 5.19. The molecule has 0 spiro atoms. The van der Waals surface area contributed by atoms with Gasteiger partial charge in [-0.1, -0.05) is 6.42 Å². The third-order valence-electron chi connectivity index (χ3n) is 2.67. The number of hydrogen-bond donors (Lipinski definition) is 4. The van der Waals surface area contributed by atoms with Crippen LogP contribution in [0.4, 0.5) is 0 Å². The normalized spacial score (nSPS) is 10.9. The largest absolute Gasteiger partial charge is 0.330 e. The van der Waals surface area contributed by atoms with E-state index in [9.17, 15) is 14.4 Å². The van der Waals surface area contributed by atoms with Crippen LogP contribution in [0.25, 0.3) is 0 Å². The van der Waals surface area contributed by atoms with Gasteiger partial charge in [-0.2, -0.15) is 5.10 Å². The van der Waals surface area contributed by atoms with Gasteiger partial charge in [-0.15, -0.1) is 0 Å². The summed E-state index contributed by atoms with van der Waals surface area (Å²) < 4.78 is 0. The van der Waals surface area contributed by atoms with Crippen molar-refractivity contribution in [3.63, 3.8) is 0 Å². The number of carbonyl (C=O) groups excluding carboxylic acids is 1. The molecule has 0 bridgehead atoms. The van der Waals surface area contributed by atoms with Crippen LogP contribution in [-0.2, 0) is 4.79 Å². The lowest BCUT2D eigenvalue weighted by Gasteiger charge is -2.00. The van der Waals surface area contributed by atoms with E-state index in [0.29, 0.717) is 18.7 Å². The molecular formula is C12H19N5O3. The number of rotatable bonds is 7. The van der Waals surface area contributed by atoms with Crippen LogP contribution in [0.1, 0.15) is 36.9 Å². The lowest BCUT2D eigenvalue weighted by molar-refractivity contribution is -0.121. The van der Waals surface area contributed by atoms with Crippen LogP contribution in [0.5, 0.6) is 0 Å². The number of carbonyl (C=O) groups is 1. The predicted molar refractivity (Wildman–Crippen MR) is 75.7 cm³/mol. The minimum Gasteiger partial charge on any atom is -0.330 e. The first-order valence-corrected chi connectivity index (χ1v) is 6.39. The molecule has 1 rings (SSSR count). The fourth-order valence-electron chi connectivity index (χ4n) is 1.60. The van der Waals surface area contributed by atoms with Crippen LogP contribution in [-0.4, -0.2) is 28.6 Å². The molecule has 0 saturated carbocycles. The van der Waals surface area contributed by atoms with Crippen LogP contribution < -0.4 is 22.4 Å². The van der Waals surface area contributed by atoms with E-state index in [0.717, 1.165) is 19.3 Å². The molecule has 5 N–H and O–H groups in total. The van der Waals surface area contributed by atoms with Gasteiger partial charge < -0.3 is 10.7 Å². The summed E-state index contributed by atoms with van der Waals surface area (Å²) in [5, 5.41) is 3.70. The molecule has 0 aliphatic rings. The molecule has 110 valence electrons. The zero-order valence-electron chi connectivity index (χ0n) is 11.4. The zero-order valence-corrected chi connectivity index (χ0v) is 11.4. The number of hydrogen-bond acceptors (Lipinski definition) is 5. The smallest absolute Gasteiger partial charge is 0.325 e. The van der Waals surface area contributed by atoms with E-state index >= 15 is 0 Å². The number of aryl methyl sites for hydroxylation is 1. The van der Waals surface area contributed by atoms with Gasteiger partial charge in [0, 0.05) is 12.1 Å². The first-order chi connectivity index (χ1) is 9.54. The van der Waals surface area contributed by atoms with E-state index in [-0.39, 0.29) is 11.5 Å². The maximum absolute atomic E-state index is 11.5. The Labute approximate surface area is 115 Å². The Kier molecular flexibility index (Phi) is 6.38. The highest BCUT2D eigenvalue weighted by Crippen LogP contribution is 1.98. The summed E-state index contributed by atoms with van der Waals surface area (Å²) in [6.07, 6.45) is 4.10. The molecule has 0 aliphatic carbocycles. The standard InChI is InChI=1S/C12H19N5O3/c1-8-9(11(19)16-12(20)15-8)7-14-17-10(18)5-3-2-4-6-13/h7H,2-6,13H2,1H3,(H,17,18)(H2,15,16,19,20)/b14-7+. The van der Waals surface area contributed by atoms with Crippen molar-refractivity contribution in [2.45, 2.75) is 32.6 Å². The highest BCUT2D eigenvalue weighted by molar-refractivity contribution is 5.82. The number of amides is 1. The average Bonchev–Trinajstić information content (AvgIpc) is 2.37. The summed E-state index contributed by atoms with van der Waals surface area (Å²) in [5.74, 6) is -0.225. The van der Waals surface area contributed by atoms with E-state index in [1.807, 2.05) is 0 Å². The molecular weight excluding hydrogens is 262 g/mol. The van der Waals surface area contributed by atoms with Crippen molar-refractivity contribution in [3.05, 3.63) is 32.1 Å². The third-order valence-corrected chi connectivity index (χ3v) is 2.67. The minimum absolute atomic E-state index is 0.202. The highest BCUT2D eigenvalue weighted by Gasteiger charge is 2.03. The predicted octanol–water partition coefficient (Wildman–Crippen LogP) is -0.659. The summed E-state index contributed by atoms with van der Waals surface area (Å²) in [4.78, 5) is 38.4. The van der Waals surface area contributed by atoms with Gasteiger partial charge in [0.25, 0.3) is 5.56 Å². The second-order valence-electron chi connectivity index (χ2n) is 4.34. The van der Waals surface area contributed by atoms with Crippen LogP contribution in [0.15, 0.2) is 14.7 Å². The van der Waals surface area contributed by atoms with Gasteiger partial charge in [0.15, 0.2) is 0 Å². The molecule has 8 heteroatoms. The summed E-state index contributed by atoms with van der Waals surface area (Å²) in [6.45, 7) is 2.20. The fraction of sp³-hybridized carbons (Fsp3) is 0.500. The number of nitrogens with one attached hydrogen (secondary N) is 3. The number of nitrogens with two attached hydrogens (primary N) is 1. The number of nitrogens with zero attached hydrogens (tertiary/aromatic N) is 1. The number of aromatic nitrogens is 2. The second kappa shape index (κ2) is 8.05. The van der Waals surface area contributed by atoms with Gasteiger partial charge in [-0.05, 0) is 26.3 Å². The van der Waals surface area contributed by atoms with Crippen molar-refractivity contribution in [1.29, 1.82) is 0 Å². The quantitative estimate of drug-likeness (QED) is 0.300. The maximum atomic E-state index is 11.5. The average molecular weight is 281 g/mol. The van der Waals surface area contributed by atoms with Gasteiger partial charge in [0.2, 0.25) is 5.91 Å². The first kappa shape index (κ1) is 15.8. The van der Waals surface area contributed by atoms with Crippen LogP contribution in [0, 0.1) is 6.92 Å². The SMILES string of the molecule is Cc1[nH]c(=O)[nH]c(=O)c1/C=N/NC(=O)CCCCCN. The van der Waals surface area contributed by atoms with E-state index < -0.39 is 11.2 Å². The van der Waals surface area contributed by atoms with Crippen molar-refractivity contribution in [2.24, 2.45) is 10.8 Å². The molecule has 0 atom stereocenters. The monoisotopic (exact) mass is 281 g/mol. The summed E-state index contributed by atoms with van der Waals surface area (Å²) in [6, 6.07) is 0. The molecule has 0 saturated heterocycles. The molecule has 0 fully saturated rings. The lowest BCUT2D eigenvalue weighted by atomic mass is 10.2. The molecule has 1 amide bonds. The number of H-pyrrole nitrogens is 2. The summed E-state index contributed by atoms with van der Waals surface area (Å²) in [7, 11) is 0. The Balaban J connectivity index is 2.51. The Morgan fingerprint density at radius 1 is 1.30 bits per heavy atom. The van der Waals surface area contributed by atoms with Gasteiger partial charge in [-0.3, -0.25) is 14.6 Å². The van der Waals surface area contributed by atoms with E-state index in [2.05, 4.69) is 20.5 Å². The Bertz CT molecular complexity index is 587. The molecule has 20 heavy (non-hydrogen) atoms. The van der Waals surface area contributed by atoms with Gasteiger partial charge >= 0.3 is 5.69 Å². The highest BCUT2D eigenvalue weighted by atomic mass is 16.2. The number of unbranched alkanes of at least 4 members (excludes halogenated alkanes) is 2. The molecule has 1 heterocycles. The maximum Gasteiger partial charge on any atom is 0.325 e. The van der Waals surface area contributed by atoms with Crippen LogP contribution in [0.3, 0.4) is 0 Å². The van der Waals surface area contributed by atoms with Crippen molar-refractivity contribution >= 4 is 12.1 Å². The first-order valence-electron chi connectivity index (χ1n) is 6.39. The van der Waals surface area contributed by atoms with Gasteiger partial charge in [0.05, 0.1) is 11.8 Å². The Hall–Kier alpha value is -2.22.